The number of rotatable bonds is 7. The van der Waals surface area contributed by atoms with E-state index in [1.807, 2.05) is 6.92 Å². The molecule has 1 fully saturated rings. The average molecular weight is 263 g/mol. The summed E-state index contributed by atoms with van der Waals surface area (Å²) in [4.78, 5) is 1.50. The molecule has 1 atom stereocenters. The zero-order valence-electron chi connectivity index (χ0n) is 10.3. The summed E-state index contributed by atoms with van der Waals surface area (Å²) in [6.07, 6.45) is 1.37. The van der Waals surface area contributed by atoms with E-state index >= 15 is 0 Å². The summed E-state index contributed by atoms with van der Waals surface area (Å²) < 4.78 is 41.9. The van der Waals surface area contributed by atoms with Crippen molar-refractivity contribution in [1.29, 1.82) is 0 Å². The van der Waals surface area contributed by atoms with E-state index in [1.165, 1.54) is 12.0 Å². The summed E-state index contributed by atoms with van der Waals surface area (Å²) in [6, 6.07) is 0.0312. The van der Waals surface area contributed by atoms with Gasteiger partial charge in [0, 0.05) is 19.7 Å². The molecule has 0 N–H and O–H groups in total. The van der Waals surface area contributed by atoms with Gasteiger partial charge in [-0.25, -0.2) is 0 Å². The van der Waals surface area contributed by atoms with Crippen LogP contribution in [0.15, 0.2) is 0 Å². The molecule has 1 unspecified atom stereocenters. The second kappa shape index (κ2) is 7.76. The van der Waals surface area contributed by atoms with Gasteiger partial charge in [0.05, 0.1) is 6.61 Å². The topological polar surface area (TPSA) is 12.5 Å². The molecule has 0 bridgehead atoms. The van der Waals surface area contributed by atoms with Crippen molar-refractivity contribution in [2.75, 3.05) is 26.7 Å². The second-order valence-corrected chi connectivity index (χ2v) is 4.28. The standard InChI is InChI=1S/C9H18BF3NO.K/c1-8(9-3-4-9)14(5-6-15-2)7-10(11,12)13;/h8-9H,3-7H2,1-2H3;/q-1;+1. The van der Waals surface area contributed by atoms with Gasteiger partial charge in [0.15, 0.2) is 0 Å². The minimum absolute atomic E-state index is 0. The molecule has 0 aromatic rings. The maximum atomic E-state index is 12.4. The molecule has 90 valence electrons. The number of methoxy groups -OCH3 is 1. The van der Waals surface area contributed by atoms with Gasteiger partial charge in [-0.05, 0) is 32.1 Å². The van der Waals surface area contributed by atoms with Crippen LogP contribution in [0.5, 0.6) is 0 Å². The fourth-order valence-corrected chi connectivity index (χ4v) is 1.81. The third-order valence-corrected chi connectivity index (χ3v) is 2.90. The smallest absolute Gasteiger partial charge is 0.448 e. The molecule has 2 nitrogen and oxygen atoms in total. The van der Waals surface area contributed by atoms with E-state index in [1.54, 1.807) is 0 Å². The fourth-order valence-electron chi connectivity index (χ4n) is 1.81. The van der Waals surface area contributed by atoms with Crippen molar-refractivity contribution in [3.63, 3.8) is 0 Å². The Hall–Kier alpha value is 1.41. The molecule has 7 heteroatoms. The third-order valence-electron chi connectivity index (χ3n) is 2.90. The number of hydrogen-bond acceptors (Lipinski definition) is 2. The Balaban J connectivity index is 0.00000225. The molecule has 1 rings (SSSR count). The number of hydrogen-bond donors (Lipinski definition) is 0. The molecule has 0 aliphatic heterocycles. The van der Waals surface area contributed by atoms with Crippen molar-refractivity contribution in [3.05, 3.63) is 0 Å². The van der Waals surface area contributed by atoms with Crippen LogP contribution < -0.4 is 51.4 Å². The first-order valence-electron chi connectivity index (χ1n) is 5.38. The minimum atomic E-state index is -4.73. The minimum Gasteiger partial charge on any atom is -0.448 e. The van der Waals surface area contributed by atoms with E-state index in [-0.39, 0.29) is 57.4 Å². The second-order valence-electron chi connectivity index (χ2n) is 4.28. The van der Waals surface area contributed by atoms with Crippen LogP contribution in [0.25, 0.3) is 0 Å². The van der Waals surface area contributed by atoms with Gasteiger partial charge in [-0.1, -0.05) is 0 Å². The maximum absolute atomic E-state index is 12.4. The van der Waals surface area contributed by atoms with Gasteiger partial charge in [-0.3, -0.25) is 0 Å². The molecule has 0 saturated heterocycles. The molecule has 1 aliphatic carbocycles. The molecule has 16 heavy (non-hydrogen) atoms. The molecule has 0 aromatic heterocycles. The summed E-state index contributed by atoms with van der Waals surface area (Å²) in [5, 5.41) is 0. The summed E-state index contributed by atoms with van der Waals surface area (Å²) in [5.74, 6) is 0.458. The normalized spacial score (nSPS) is 18.4. The maximum Gasteiger partial charge on any atom is 1.00 e. The summed E-state index contributed by atoms with van der Waals surface area (Å²) in [5.41, 5.74) is 0. The van der Waals surface area contributed by atoms with E-state index in [0.29, 0.717) is 19.1 Å². The predicted octanol–water partition coefficient (Wildman–Crippen LogP) is -0.876. The Kier molecular flexibility index (Phi) is 8.44. The Morgan fingerprint density at radius 2 is 1.94 bits per heavy atom. The van der Waals surface area contributed by atoms with E-state index in [2.05, 4.69) is 0 Å². The molecular formula is C9H18BF3KNO. The van der Waals surface area contributed by atoms with Gasteiger partial charge in [0.25, 0.3) is 0 Å². The molecule has 0 amide bonds. The Labute approximate surface area is 138 Å². The van der Waals surface area contributed by atoms with Crippen LogP contribution in [-0.4, -0.2) is 44.6 Å². The average Bonchev–Trinajstić information content (AvgIpc) is 2.92. The first-order valence-corrected chi connectivity index (χ1v) is 5.38. The van der Waals surface area contributed by atoms with Crippen molar-refractivity contribution in [1.82, 2.24) is 4.90 Å². The Morgan fingerprint density at radius 3 is 2.31 bits per heavy atom. The van der Waals surface area contributed by atoms with Crippen LogP contribution in [0.4, 0.5) is 12.9 Å². The van der Waals surface area contributed by atoms with Crippen molar-refractivity contribution in [2.24, 2.45) is 5.92 Å². The molecular weight excluding hydrogens is 245 g/mol. The number of halogens is 3. The quantitative estimate of drug-likeness (QED) is 0.553. The van der Waals surface area contributed by atoms with Crippen LogP contribution >= 0.6 is 0 Å². The van der Waals surface area contributed by atoms with Gasteiger partial charge in [-0.2, -0.15) is 0 Å². The van der Waals surface area contributed by atoms with Crippen LogP contribution in [0.2, 0.25) is 0 Å². The first-order chi connectivity index (χ1) is 6.94. The predicted molar refractivity (Wildman–Crippen MR) is 54.7 cm³/mol. The molecule has 1 aliphatic rings. The van der Waals surface area contributed by atoms with Gasteiger partial charge >= 0.3 is 58.4 Å². The van der Waals surface area contributed by atoms with Crippen LogP contribution in [-0.2, 0) is 4.74 Å². The van der Waals surface area contributed by atoms with E-state index in [9.17, 15) is 12.9 Å². The summed E-state index contributed by atoms with van der Waals surface area (Å²) >= 11 is 0. The first kappa shape index (κ1) is 17.4. The van der Waals surface area contributed by atoms with Gasteiger partial charge in [-0.15, -0.1) is 0 Å². The monoisotopic (exact) mass is 263 g/mol. The van der Waals surface area contributed by atoms with E-state index in [4.69, 9.17) is 4.74 Å². The summed E-state index contributed by atoms with van der Waals surface area (Å²) in [7, 11) is 1.51. The van der Waals surface area contributed by atoms with Crippen molar-refractivity contribution >= 4 is 6.98 Å². The van der Waals surface area contributed by atoms with Crippen molar-refractivity contribution < 1.29 is 69.1 Å². The number of ether oxygens (including phenoxy) is 1. The van der Waals surface area contributed by atoms with Crippen LogP contribution in [0.3, 0.4) is 0 Å². The Morgan fingerprint density at radius 1 is 1.38 bits per heavy atom. The van der Waals surface area contributed by atoms with Gasteiger partial charge in [0.2, 0.25) is 0 Å². The zero-order valence-corrected chi connectivity index (χ0v) is 13.4. The Bertz CT molecular complexity index is 202. The van der Waals surface area contributed by atoms with E-state index < -0.39 is 13.4 Å². The van der Waals surface area contributed by atoms with Crippen molar-refractivity contribution in [2.45, 2.75) is 25.8 Å². The third kappa shape index (κ3) is 6.98. The van der Waals surface area contributed by atoms with Crippen molar-refractivity contribution in [3.8, 4) is 0 Å². The molecule has 0 radical (unpaired) electrons. The van der Waals surface area contributed by atoms with E-state index in [0.717, 1.165) is 12.8 Å². The van der Waals surface area contributed by atoms with Crippen LogP contribution in [0.1, 0.15) is 19.8 Å². The molecule has 1 saturated carbocycles. The zero-order chi connectivity index (χ0) is 11.5. The molecule has 0 heterocycles. The summed E-state index contributed by atoms with van der Waals surface area (Å²) in [6.45, 7) is -2.11. The van der Waals surface area contributed by atoms with Crippen LogP contribution in [0, 0.1) is 5.92 Å². The largest absolute Gasteiger partial charge is 1.00 e. The van der Waals surface area contributed by atoms with Gasteiger partial charge < -0.3 is 22.6 Å². The van der Waals surface area contributed by atoms with Gasteiger partial charge in [0.1, 0.15) is 0 Å². The SMILES string of the molecule is COCCN(C[B-](F)(F)F)C(C)C1CC1.[K+]. The number of nitrogens with zero attached hydrogens (tertiary/aromatic N) is 1. The molecule has 0 spiro atoms. The molecule has 0 aromatic carbocycles. The fraction of sp³-hybridized carbons (Fsp3) is 1.00.